The molecule has 0 unspecified atom stereocenters. The molecule has 3 aromatic carbocycles. The van der Waals surface area contributed by atoms with E-state index in [4.69, 9.17) is 18.9 Å². The Bertz CT molecular complexity index is 2990. The van der Waals surface area contributed by atoms with Crippen LogP contribution in [-0.2, 0) is 14.8 Å². The number of pyridine rings is 1. The number of benzene rings is 3. The van der Waals surface area contributed by atoms with Crippen molar-refractivity contribution in [2.45, 2.75) is 126 Å². The van der Waals surface area contributed by atoms with Gasteiger partial charge in [0.25, 0.3) is 27.5 Å². The van der Waals surface area contributed by atoms with E-state index in [1.165, 1.54) is 49.6 Å². The molecule has 5 heterocycles. The number of aliphatic hydroxyl groups is 1. The summed E-state index contributed by atoms with van der Waals surface area (Å²) in [6, 6.07) is 17.5. The molecule has 5 aliphatic rings. The minimum Gasteiger partial charge on any atom is -0.489 e. The lowest BCUT2D eigenvalue weighted by Crippen LogP contribution is -2.63. The number of H-pyrrole nitrogens is 1. The summed E-state index contributed by atoms with van der Waals surface area (Å²) in [5.74, 6) is -0.777. The number of carbonyl (C=O) groups excluding carboxylic acids is 1. The van der Waals surface area contributed by atoms with Crippen molar-refractivity contribution in [3.8, 4) is 23.1 Å². The number of amides is 1. The van der Waals surface area contributed by atoms with Crippen molar-refractivity contribution in [2.24, 2.45) is 11.3 Å². The summed E-state index contributed by atoms with van der Waals surface area (Å²) in [5.41, 5.74) is 2.60. The summed E-state index contributed by atoms with van der Waals surface area (Å²) in [4.78, 5) is 37.8. The van der Waals surface area contributed by atoms with Gasteiger partial charge in [-0.1, -0.05) is 44.5 Å². The van der Waals surface area contributed by atoms with Crippen LogP contribution in [0.15, 0.2) is 71.8 Å². The van der Waals surface area contributed by atoms with Crippen molar-refractivity contribution in [3.63, 3.8) is 0 Å². The molecule has 1 amide bonds. The fourth-order valence-corrected chi connectivity index (χ4v) is 12.9. The van der Waals surface area contributed by atoms with Gasteiger partial charge in [0, 0.05) is 75.5 Å². The molecule has 3 aliphatic heterocycles. The van der Waals surface area contributed by atoms with E-state index in [0.717, 1.165) is 63.0 Å². The minimum absolute atomic E-state index is 0.0261. The molecule has 0 bridgehead atoms. The van der Waals surface area contributed by atoms with Crippen LogP contribution in [-0.4, -0.2) is 110 Å². The van der Waals surface area contributed by atoms with Crippen LogP contribution in [0.2, 0.25) is 0 Å². The van der Waals surface area contributed by atoms with Crippen molar-refractivity contribution >= 4 is 44.0 Å². The van der Waals surface area contributed by atoms with Gasteiger partial charge in [-0.3, -0.25) is 19.8 Å². The second-order valence-electron chi connectivity index (χ2n) is 21.6. The number of hydrogen-bond donors (Lipinski definition) is 4. The first-order valence-corrected chi connectivity index (χ1v) is 27.1. The number of methoxy groups -OCH3 is 1. The highest BCUT2D eigenvalue weighted by atomic mass is 32.2. The molecule has 4 atom stereocenters. The number of likely N-dealkylation sites (tertiary alicyclic amines) is 1. The van der Waals surface area contributed by atoms with E-state index in [1.807, 2.05) is 0 Å². The first kappa shape index (κ1) is 50.5. The van der Waals surface area contributed by atoms with E-state index in [0.29, 0.717) is 43.6 Å². The predicted molar refractivity (Wildman–Crippen MR) is 274 cm³/mol. The van der Waals surface area contributed by atoms with Crippen LogP contribution >= 0.6 is 0 Å². The Morgan fingerprint density at radius 1 is 1.03 bits per heavy atom. The van der Waals surface area contributed by atoms with Gasteiger partial charge in [-0.2, -0.15) is 4.98 Å². The van der Waals surface area contributed by atoms with Crippen molar-refractivity contribution in [2.75, 3.05) is 56.7 Å². The summed E-state index contributed by atoms with van der Waals surface area (Å²) in [5, 5.41) is 26.3. The summed E-state index contributed by atoms with van der Waals surface area (Å²) in [6.07, 6.45) is 8.87. The molecular formula is C54H66FN7O10S. The van der Waals surface area contributed by atoms with Gasteiger partial charge in [0.2, 0.25) is 0 Å². The lowest BCUT2D eigenvalue weighted by Gasteiger charge is -2.57. The number of aromatic amines is 1. The molecule has 4 fully saturated rings. The van der Waals surface area contributed by atoms with Gasteiger partial charge in [-0.05, 0) is 112 Å². The third kappa shape index (κ3) is 10.3. The molecule has 10 rings (SSSR count). The quantitative estimate of drug-likeness (QED) is 0.0569. The van der Waals surface area contributed by atoms with Crippen LogP contribution in [0.25, 0.3) is 11.0 Å². The SMILES string of the molecule is CO[C@@H](C)COc1nc2[nH]cc(F)c2cc1Oc1cc(N2CCC3(CC2)CN([C@H]2CCC[C@H]2c2ccccc2C(C)C)C3)ccc1C(=O)NS(=O)(=O)c1cc2c(c([N+](=O)[O-])c1)N[C@@H](C1CCC(C)(O)CC1)CO2. The maximum atomic E-state index is 15.1. The Kier molecular flexibility index (Phi) is 13.8. The number of piperidine rings is 1. The van der Waals surface area contributed by atoms with E-state index < -0.39 is 42.9 Å². The molecule has 1 spiro atoms. The number of nitrogens with one attached hydrogen (secondary N) is 3. The predicted octanol–water partition coefficient (Wildman–Crippen LogP) is 9.41. The molecule has 2 aliphatic carbocycles. The summed E-state index contributed by atoms with van der Waals surface area (Å²) < 4.78 is 69.4. The van der Waals surface area contributed by atoms with Crippen LogP contribution in [0.4, 0.5) is 21.5 Å². The summed E-state index contributed by atoms with van der Waals surface area (Å²) in [6.45, 7) is 11.9. The van der Waals surface area contributed by atoms with Gasteiger partial charge in [0.05, 0.1) is 38.5 Å². The third-order valence-corrected chi connectivity index (χ3v) is 17.6. The molecule has 73 heavy (non-hydrogen) atoms. The van der Waals surface area contributed by atoms with E-state index in [1.54, 1.807) is 26.0 Å². The Morgan fingerprint density at radius 2 is 1.78 bits per heavy atom. The molecule has 4 N–H and O–H groups in total. The van der Waals surface area contributed by atoms with Gasteiger partial charge in [0.15, 0.2) is 17.2 Å². The number of nitro benzene ring substituents is 1. The van der Waals surface area contributed by atoms with E-state index in [-0.39, 0.29) is 82.1 Å². The first-order valence-electron chi connectivity index (χ1n) is 25.6. The second kappa shape index (κ2) is 20.0. The molecular weight excluding hydrogens is 958 g/mol. The monoisotopic (exact) mass is 1020 g/mol. The maximum Gasteiger partial charge on any atom is 0.297 e. The number of sulfonamides is 1. The van der Waals surface area contributed by atoms with E-state index >= 15 is 4.39 Å². The Labute approximate surface area is 425 Å². The Morgan fingerprint density at radius 3 is 2.51 bits per heavy atom. The van der Waals surface area contributed by atoms with Gasteiger partial charge in [0.1, 0.15) is 30.4 Å². The number of nitrogens with zero attached hydrogens (tertiary/aromatic N) is 4. The van der Waals surface area contributed by atoms with Gasteiger partial charge in [-0.15, -0.1) is 0 Å². The number of anilines is 2. The Balaban J connectivity index is 0.904. The largest absolute Gasteiger partial charge is 0.489 e. The number of hydrogen-bond acceptors (Lipinski definition) is 14. The fraction of sp³-hybridized carbons (Fsp3) is 0.519. The zero-order chi connectivity index (χ0) is 51.4. The molecule has 2 saturated heterocycles. The molecule has 19 heteroatoms. The lowest BCUT2D eigenvalue weighted by molar-refractivity contribution is -0.384. The number of rotatable bonds is 15. The molecule has 390 valence electrons. The molecule has 5 aromatic rings. The van der Waals surface area contributed by atoms with E-state index in [9.17, 15) is 28.4 Å². The zero-order valence-corrected chi connectivity index (χ0v) is 42.9. The second-order valence-corrected chi connectivity index (χ2v) is 23.3. The highest BCUT2D eigenvalue weighted by Gasteiger charge is 2.49. The number of nitro groups is 1. The first-order chi connectivity index (χ1) is 34.9. The average molecular weight is 1020 g/mol. The van der Waals surface area contributed by atoms with Crippen molar-refractivity contribution in [1.82, 2.24) is 19.6 Å². The molecule has 17 nitrogen and oxygen atoms in total. The summed E-state index contributed by atoms with van der Waals surface area (Å²) >= 11 is 0. The average Bonchev–Trinajstić information content (AvgIpc) is 4.00. The molecule has 2 aromatic heterocycles. The van der Waals surface area contributed by atoms with E-state index in [2.05, 4.69) is 67.9 Å². The number of halogens is 1. The van der Waals surface area contributed by atoms with Crippen LogP contribution in [0.3, 0.4) is 0 Å². The number of carbonyl (C=O) groups is 1. The number of aromatic nitrogens is 2. The Hall–Kier alpha value is -6.02. The van der Waals surface area contributed by atoms with Crippen LogP contribution < -0.4 is 29.1 Å². The number of fused-ring (bicyclic) bond motifs is 2. The fourth-order valence-electron chi connectivity index (χ4n) is 11.9. The molecule has 0 radical (unpaired) electrons. The number of ether oxygens (including phenoxy) is 4. The van der Waals surface area contributed by atoms with Gasteiger partial charge < -0.3 is 39.3 Å². The molecule has 2 saturated carbocycles. The minimum atomic E-state index is -4.78. The lowest BCUT2D eigenvalue weighted by atomic mass is 9.70. The van der Waals surface area contributed by atoms with Crippen LogP contribution in [0.5, 0.6) is 23.1 Å². The maximum absolute atomic E-state index is 15.1. The third-order valence-electron chi connectivity index (χ3n) is 16.3. The topological polar surface area (TPSA) is 211 Å². The van der Waals surface area contributed by atoms with Crippen molar-refractivity contribution in [1.29, 1.82) is 0 Å². The summed E-state index contributed by atoms with van der Waals surface area (Å²) in [7, 11) is -3.25. The van der Waals surface area contributed by atoms with Crippen LogP contribution in [0, 0.1) is 27.3 Å². The van der Waals surface area contributed by atoms with Crippen LogP contribution in [0.1, 0.15) is 119 Å². The van der Waals surface area contributed by atoms with Crippen molar-refractivity contribution in [3.05, 3.63) is 99.5 Å². The highest BCUT2D eigenvalue weighted by molar-refractivity contribution is 7.90. The van der Waals surface area contributed by atoms with Crippen molar-refractivity contribution < 1.29 is 46.6 Å². The standard InChI is InChI=1S/C54H66FN7O10S/c1-32(2)37-9-6-7-10-38(37)39-11-8-12-44(39)61-30-54(31-61)19-21-60(22-20-54)35-13-14-40(46(23-35)72-48-26-41-42(55)27-56-50(41)58-52(48)71-28-33(3)69-5)51(63)59-73(67,68)36-24-45(62(65)66)49-47(25-36)70-29-43(57-49)34-15-17-53(4,64)18-16-34/h6-7,9-10,13-14,23-27,32-34,39,43-44,57,64H,8,11-12,15-22,28-31H2,1-5H3,(H,56,58)(H,59,63)/t33-,34?,39-,43+,44-,53?/m0/s1. The smallest absolute Gasteiger partial charge is 0.297 e. The zero-order valence-electron chi connectivity index (χ0n) is 42.1. The van der Waals surface area contributed by atoms with Gasteiger partial charge in [-0.25, -0.2) is 17.5 Å². The van der Waals surface area contributed by atoms with Gasteiger partial charge >= 0.3 is 0 Å². The normalized spacial score (nSPS) is 24.4. The highest BCUT2D eigenvalue weighted by Crippen LogP contribution is 2.50.